The lowest BCUT2D eigenvalue weighted by Crippen LogP contribution is -2.38. The average molecular weight is 404 g/mol. The zero-order chi connectivity index (χ0) is 27.0. The molecule has 7 heteroatoms. The van der Waals surface area contributed by atoms with Gasteiger partial charge in [0.2, 0.25) is 0 Å². The Kier molecular flexibility index (Phi) is 2.54. The van der Waals surface area contributed by atoms with Gasteiger partial charge in [0.15, 0.2) is 1.41 Å². The van der Waals surface area contributed by atoms with Crippen LogP contribution < -0.4 is 5.31 Å². The molecule has 130 valence electrons. The summed E-state index contributed by atoms with van der Waals surface area (Å²) in [5.41, 5.74) is -0.230. The molecule has 0 bridgehead atoms. The summed E-state index contributed by atoms with van der Waals surface area (Å²) in [7, 11) is 0. The predicted molar refractivity (Wildman–Crippen MR) is 106 cm³/mol. The van der Waals surface area contributed by atoms with Crippen molar-refractivity contribution in [3.8, 4) is 0 Å². The Bertz CT molecular complexity index is 1340. The minimum absolute atomic E-state index is 0.00987. The van der Waals surface area contributed by atoms with Gasteiger partial charge in [-0.2, -0.15) is 0 Å². The van der Waals surface area contributed by atoms with Gasteiger partial charge in [-0.15, -0.1) is 11.3 Å². The van der Waals surface area contributed by atoms with Gasteiger partial charge in [-0.25, -0.2) is 9.97 Å². The van der Waals surface area contributed by atoms with E-state index in [9.17, 15) is 0 Å². The maximum atomic E-state index is 8.93. The second kappa shape index (κ2) is 7.46. The number of likely N-dealkylation sites (tertiary alicyclic amines) is 1. The molecule has 1 fully saturated rings. The normalized spacial score (nSPS) is 29.3. The number of nitrogens with zero attached hydrogens (tertiary/aromatic N) is 3. The highest BCUT2D eigenvalue weighted by Crippen LogP contribution is 2.32. The number of benzene rings is 1. The third-order valence-electron chi connectivity index (χ3n) is 3.30. The highest BCUT2D eigenvalue weighted by Gasteiger charge is 2.20. The van der Waals surface area contributed by atoms with Crippen LogP contribution in [0.1, 0.15) is 32.0 Å². The largest absolute Gasteiger partial charge is 0.367 e. The molecule has 0 saturated carbocycles. The minimum atomic E-state index is -2.89. The van der Waals surface area contributed by atoms with Gasteiger partial charge in [0, 0.05) is 37.5 Å². The molecule has 2 aromatic heterocycles. The number of halogens is 2. The number of piperidine rings is 1. The highest BCUT2D eigenvalue weighted by atomic mass is 35.5. The van der Waals surface area contributed by atoms with Crippen molar-refractivity contribution in [1.29, 1.82) is 0 Å². The van der Waals surface area contributed by atoms with Gasteiger partial charge in [-0.1, -0.05) is 35.3 Å². The fourth-order valence-corrected chi connectivity index (χ4v) is 3.35. The number of nitrogens with one attached hydrogen (secondary N) is 1. The third kappa shape index (κ3) is 4.06. The second-order valence-corrected chi connectivity index (χ2v) is 6.99. The molecule has 1 atom stereocenters. The van der Waals surface area contributed by atoms with Crippen LogP contribution in [0.5, 0.6) is 0 Å². The summed E-state index contributed by atoms with van der Waals surface area (Å²) < 4.78 is 93.0. The number of anilines is 1. The highest BCUT2D eigenvalue weighted by molar-refractivity contribution is 7.22. The molecule has 3 heterocycles. The molecular weight excluding hydrogens is 375 g/mol. The molecule has 0 amide bonds. The number of thiophene rings is 1. The lowest BCUT2D eigenvalue weighted by atomic mass is 10.0. The quantitative estimate of drug-likeness (QED) is 0.659. The van der Waals surface area contributed by atoms with Crippen LogP contribution >= 0.6 is 34.5 Å². The predicted octanol–water partition coefficient (Wildman–Crippen LogP) is 5.07. The van der Waals surface area contributed by atoms with Crippen molar-refractivity contribution in [1.82, 2.24) is 14.9 Å². The Morgan fingerprint density at radius 2 is 2.24 bits per heavy atom. The van der Waals surface area contributed by atoms with Gasteiger partial charge >= 0.3 is 0 Å². The summed E-state index contributed by atoms with van der Waals surface area (Å²) in [6.45, 7) is -3.01. The first-order valence-electron chi connectivity index (χ1n) is 12.7. The zero-order valence-electron chi connectivity index (χ0n) is 23.6. The van der Waals surface area contributed by atoms with E-state index in [-0.39, 0.29) is 49.1 Å². The summed E-state index contributed by atoms with van der Waals surface area (Å²) >= 11 is 12.9. The molecule has 1 unspecified atom stereocenters. The molecule has 1 N–H and O–H groups in total. The standard InChI is InChI=1S/C18H18Cl2N4S/c19-13-3-1-2-12(8-13)10-24-6-4-14(5-7-24)23-17-15-9-16(20)25-18(15)22-11-21-17/h1-3,8-9,11,14H,4-7,10H2,(H,21,22,23)/i2D,3D,4D2,5D2,8D,9D,10D,14D/hD. The van der Waals surface area contributed by atoms with Gasteiger partial charge < -0.3 is 5.31 Å². The van der Waals surface area contributed by atoms with Crippen LogP contribution in [0, 0.1) is 0 Å². The number of aromatic nitrogens is 2. The maximum absolute atomic E-state index is 8.93. The van der Waals surface area contributed by atoms with E-state index < -0.39 is 44.4 Å². The van der Waals surface area contributed by atoms with Gasteiger partial charge in [-0.05, 0) is 36.4 Å². The second-order valence-electron chi connectivity index (χ2n) is 5.01. The number of fused-ring (bicyclic) bond motifs is 1. The molecule has 1 aliphatic rings. The molecule has 25 heavy (non-hydrogen) atoms. The molecule has 1 aliphatic heterocycles. The van der Waals surface area contributed by atoms with Crippen LogP contribution in [0.25, 0.3) is 10.2 Å². The van der Waals surface area contributed by atoms with Crippen molar-refractivity contribution in [2.45, 2.75) is 25.3 Å². The van der Waals surface area contributed by atoms with Crippen LogP contribution in [0.4, 0.5) is 5.82 Å². The van der Waals surface area contributed by atoms with Crippen LogP contribution in [-0.4, -0.2) is 34.0 Å². The molecule has 4 rings (SSSR count). The SMILES string of the molecule is [2H]c1cc([2H])c(C([2H])N2CC([2H])([2H])C([2H])(N([2H])c3ncnc4sc(Cl)c([2H])c34)C([2H])([2H])C2)c([2H])c1Cl. The van der Waals surface area contributed by atoms with E-state index in [4.69, 9.17) is 38.3 Å². The molecule has 1 aromatic carbocycles. The van der Waals surface area contributed by atoms with Crippen molar-refractivity contribution in [3.63, 3.8) is 0 Å². The third-order valence-corrected chi connectivity index (χ3v) is 4.62. The number of hydrogen-bond acceptors (Lipinski definition) is 5. The Labute approximate surface area is 176 Å². The van der Waals surface area contributed by atoms with Gasteiger partial charge in [-0.3, -0.25) is 4.90 Å². The minimum Gasteiger partial charge on any atom is -0.367 e. The molecule has 0 spiro atoms. The topological polar surface area (TPSA) is 41.0 Å². The van der Waals surface area contributed by atoms with Crippen LogP contribution in [0.3, 0.4) is 0 Å². The summed E-state index contributed by atoms with van der Waals surface area (Å²) in [5, 5.41) is -0.00222. The van der Waals surface area contributed by atoms with E-state index in [1.54, 1.807) is 0 Å². The fourth-order valence-electron chi connectivity index (χ4n) is 2.21. The van der Waals surface area contributed by atoms with Crippen molar-refractivity contribution < 1.29 is 15.1 Å². The van der Waals surface area contributed by atoms with E-state index in [0.29, 0.717) is 5.31 Å². The monoisotopic (exact) mass is 403 g/mol. The average Bonchev–Trinajstić information content (AvgIpc) is 3.08. The molecule has 0 radical (unpaired) electrons. The molecule has 4 nitrogen and oxygen atoms in total. The fraction of sp³-hybridized carbons (Fsp3) is 0.333. The summed E-state index contributed by atoms with van der Waals surface area (Å²) in [6.07, 6.45) is -4.53. The first kappa shape index (κ1) is 8.53. The zero-order valence-corrected chi connectivity index (χ0v) is 14.9. The number of hydrogen-bond donors (Lipinski definition) is 1. The first-order valence-corrected chi connectivity index (χ1v) is 8.73. The van der Waals surface area contributed by atoms with E-state index >= 15 is 0 Å². The van der Waals surface area contributed by atoms with Crippen molar-refractivity contribution in [2.24, 2.45) is 0 Å². The molecule has 1 saturated heterocycles. The molecule has 0 aliphatic carbocycles. The van der Waals surface area contributed by atoms with E-state index in [0.717, 1.165) is 28.6 Å². The van der Waals surface area contributed by atoms with Crippen molar-refractivity contribution in [2.75, 3.05) is 18.4 Å². The molecular formula is C18H18Cl2N4S. The van der Waals surface area contributed by atoms with Gasteiger partial charge in [0.25, 0.3) is 0 Å². The first-order chi connectivity index (χ1) is 16.5. The molecule has 3 aromatic rings. The van der Waals surface area contributed by atoms with Crippen LogP contribution in [0.2, 0.25) is 10.8 Å². The Balaban J connectivity index is 1.77. The van der Waals surface area contributed by atoms with Gasteiger partial charge in [0.1, 0.15) is 17.0 Å². The lowest BCUT2D eigenvalue weighted by Gasteiger charge is -2.32. The summed E-state index contributed by atoms with van der Waals surface area (Å²) in [5.74, 6) is -0.355. The lowest BCUT2D eigenvalue weighted by molar-refractivity contribution is 0.211. The van der Waals surface area contributed by atoms with Crippen LogP contribution in [-0.2, 0) is 6.52 Å². The summed E-state index contributed by atoms with van der Waals surface area (Å²) in [4.78, 5) is 9.19. The van der Waals surface area contributed by atoms with E-state index in [2.05, 4.69) is 9.97 Å². The van der Waals surface area contributed by atoms with E-state index in [1.807, 2.05) is 0 Å². The maximum Gasteiger partial charge on any atom is 0.162 e. The Hall–Kier alpha value is -1.40. The Morgan fingerprint density at radius 1 is 1.40 bits per heavy atom. The van der Waals surface area contributed by atoms with Crippen LogP contribution in [0.15, 0.2) is 36.6 Å². The smallest absolute Gasteiger partial charge is 0.162 e. The van der Waals surface area contributed by atoms with Crippen molar-refractivity contribution >= 4 is 50.6 Å². The Morgan fingerprint density at radius 3 is 3.08 bits per heavy atom. The van der Waals surface area contributed by atoms with Gasteiger partial charge in [0.05, 0.1) is 16.6 Å². The summed E-state index contributed by atoms with van der Waals surface area (Å²) in [6, 6.07) is -3.15. The number of rotatable bonds is 4. The van der Waals surface area contributed by atoms with Crippen molar-refractivity contribution in [3.05, 3.63) is 51.5 Å². The van der Waals surface area contributed by atoms with E-state index in [1.165, 1.54) is 0 Å².